The van der Waals surface area contributed by atoms with Gasteiger partial charge in [-0.1, -0.05) is 93.6 Å². The molecule has 2 aromatic rings. The Morgan fingerprint density at radius 2 is 1.55 bits per heavy atom. The summed E-state index contributed by atoms with van der Waals surface area (Å²) in [5.41, 5.74) is 0. The number of esters is 1. The molecule has 2 rings (SSSR count). The number of carbonyl (C=O) groups excluding carboxylic acids is 1. The second-order valence-electron chi connectivity index (χ2n) is 8.13. The number of methoxy groups -OCH3 is 1. The molecule has 0 saturated carbocycles. The average Bonchev–Trinajstić information content (AvgIpc) is 2.73. The Morgan fingerprint density at radius 3 is 1.97 bits per heavy atom. The Balaban J connectivity index is 2.39. The first-order valence-corrected chi connectivity index (χ1v) is 11.9. The van der Waals surface area contributed by atoms with Gasteiger partial charge in [-0.05, 0) is 21.8 Å². The molecule has 0 aliphatic heterocycles. The van der Waals surface area contributed by atoms with E-state index < -0.39 is 8.32 Å². The highest BCUT2D eigenvalue weighted by Gasteiger charge is 2.50. The van der Waals surface area contributed by atoms with Gasteiger partial charge >= 0.3 is 5.97 Å². The summed E-state index contributed by atoms with van der Waals surface area (Å²) in [6.45, 7) is 11.3. The number of hydrogen-bond acceptors (Lipinski definition) is 3. The molecule has 3 nitrogen and oxygen atoms in total. The maximum atomic E-state index is 11.3. The third kappa shape index (κ3) is 5.55. The van der Waals surface area contributed by atoms with Crippen LogP contribution in [-0.2, 0) is 14.0 Å². The molecule has 0 saturated heterocycles. The molecule has 29 heavy (non-hydrogen) atoms. The standard InChI is InChI=1S/C25H32O3Si/c1-6-21(14-13-19-24(26)27-5)20-28-29(25(2,3)4,22-15-9-7-10-16-22)23-17-11-8-12-18-23/h6-13,15-19,21H,1,14,20H2,2-5H3/b19-13+/t21-/m0/s1. The van der Waals surface area contributed by atoms with E-state index in [-0.39, 0.29) is 16.9 Å². The van der Waals surface area contributed by atoms with Crippen molar-refractivity contribution >= 4 is 24.7 Å². The van der Waals surface area contributed by atoms with Crippen molar-refractivity contribution in [2.75, 3.05) is 13.7 Å². The smallest absolute Gasteiger partial charge is 0.330 e. The van der Waals surface area contributed by atoms with Gasteiger partial charge in [0.05, 0.1) is 7.11 Å². The van der Waals surface area contributed by atoms with Crippen LogP contribution in [-0.4, -0.2) is 28.0 Å². The zero-order valence-corrected chi connectivity index (χ0v) is 18.9. The Kier molecular flexibility index (Phi) is 8.17. The van der Waals surface area contributed by atoms with Crippen molar-refractivity contribution in [1.82, 2.24) is 0 Å². The normalized spacial score (nSPS) is 13.2. The quantitative estimate of drug-likeness (QED) is 0.265. The van der Waals surface area contributed by atoms with E-state index in [0.717, 1.165) is 0 Å². The third-order valence-electron chi connectivity index (χ3n) is 5.16. The van der Waals surface area contributed by atoms with Crippen molar-refractivity contribution in [3.63, 3.8) is 0 Å². The molecule has 0 aliphatic carbocycles. The van der Waals surface area contributed by atoms with Gasteiger partial charge in [0.25, 0.3) is 8.32 Å². The van der Waals surface area contributed by atoms with Crippen LogP contribution in [0.15, 0.2) is 85.5 Å². The van der Waals surface area contributed by atoms with Crippen molar-refractivity contribution in [1.29, 1.82) is 0 Å². The topological polar surface area (TPSA) is 35.5 Å². The van der Waals surface area contributed by atoms with Gasteiger partial charge in [0.1, 0.15) is 0 Å². The van der Waals surface area contributed by atoms with Gasteiger partial charge in [-0.25, -0.2) is 4.79 Å². The largest absolute Gasteiger partial charge is 0.466 e. The fraction of sp³-hybridized carbons (Fsp3) is 0.320. The minimum atomic E-state index is -2.56. The number of carbonyl (C=O) groups is 1. The summed E-state index contributed by atoms with van der Waals surface area (Å²) in [6, 6.07) is 21.2. The van der Waals surface area contributed by atoms with Gasteiger partial charge in [-0.2, -0.15) is 0 Å². The predicted octanol–water partition coefficient (Wildman–Crippen LogP) is 4.48. The zero-order chi connectivity index (χ0) is 21.3. The molecule has 0 fully saturated rings. The fourth-order valence-electron chi connectivity index (χ4n) is 3.63. The molecule has 154 valence electrons. The molecule has 0 bridgehead atoms. The number of allylic oxidation sites excluding steroid dienone is 1. The van der Waals surface area contributed by atoms with Crippen molar-refractivity contribution < 1.29 is 14.0 Å². The van der Waals surface area contributed by atoms with Crippen LogP contribution in [0.3, 0.4) is 0 Å². The Morgan fingerprint density at radius 1 is 1.03 bits per heavy atom. The molecule has 0 amide bonds. The lowest BCUT2D eigenvalue weighted by atomic mass is 10.1. The minimum Gasteiger partial charge on any atom is -0.466 e. The van der Waals surface area contributed by atoms with E-state index in [2.05, 4.69) is 80.6 Å². The van der Waals surface area contributed by atoms with Crippen LogP contribution >= 0.6 is 0 Å². The van der Waals surface area contributed by atoms with E-state index >= 15 is 0 Å². The van der Waals surface area contributed by atoms with Crippen LogP contribution < -0.4 is 10.4 Å². The summed E-state index contributed by atoms with van der Waals surface area (Å²) in [6.07, 6.45) is 5.86. The molecule has 0 N–H and O–H groups in total. The second kappa shape index (κ2) is 10.4. The van der Waals surface area contributed by atoms with E-state index in [1.807, 2.05) is 24.3 Å². The highest BCUT2D eigenvalue weighted by Crippen LogP contribution is 2.37. The summed E-state index contributed by atoms with van der Waals surface area (Å²) in [5.74, 6) is -0.238. The van der Waals surface area contributed by atoms with Crippen molar-refractivity contribution in [3.05, 3.63) is 85.5 Å². The lowest BCUT2D eigenvalue weighted by Gasteiger charge is -2.43. The number of ether oxygens (including phenoxy) is 1. The van der Waals surface area contributed by atoms with Gasteiger partial charge in [-0.3, -0.25) is 0 Å². The molecule has 2 aromatic carbocycles. The molecule has 0 heterocycles. The molecule has 0 aliphatic rings. The van der Waals surface area contributed by atoms with Gasteiger partial charge in [-0.15, -0.1) is 6.58 Å². The second-order valence-corrected chi connectivity index (χ2v) is 12.4. The molecular formula is C25H32O3Si. The summed E-state index contributed by atoms with van der Waals surface area (Å²) < 4.78 is 11.6. The lowest BCUT2D eigenvalue weighted by Crippen LogP contribution is -2.66. The van der Waals surface area contributed by atoms with E-state index in [1.165, 1.54) is 23.6 Å². The van der Waals surface area contributed by atoms with Crippen LogP contribution in [0.1, 0.15) is 27.2 Å². The molecule has 0 unspecified atom stereocenters. The maximum absolute atomic E-state index is 11.3. The summed E-state index contributed by atoms with van der Waals surface area (Å²) >= 11 is 0. The van der Waals surface area contributed by atoms with Crippen LogP contribution in [0, 0.1) is 5.92 Å². The van der Waals surface area contributed by atoms with Gasteiger partial charge in [0, 0.05) is 18.6 Å². The highest BCUT2D eigenvalue weighted by molar-refractivity contribution is 6.99. The first-order valence-electron chi connectivity index (χ1n) is 9.97. The molecule has 0 spiro atoms. The molecule has 4 heteroatoms. The monoisotopic (exact) mass is 408 g/mol. The van der Waals surface area contributed by atoms with Gasteiger partial charge < -0.3 is 9.16 Å². The lowest BCUT2D eigenvalue weighted by molar-refractivity contribution is -0.134. The Labute approximate surface area is 176 Å². The first-order chi connectivity index (χ1) is 13.8. The van der Waals surface area contributed by atoms with E-state index in [4.69, 9.17) is 4.43 Å². The fourth-order valence-corrected chi connectivity index (χ4v) is 8.25. The summed E-state index contributed by atoms with van der Waals surface area (Å²) in [4.78, 5) is 11.3. The average molecular weight is 409 g/mol. The first kappa shape index (κ1) is 22.9. The number of rotatable bonds is 9. The van der Waals surface area contributed by atoms with Crippen molar-refractivity contribution in [3.8, 4) is 0 Å². The van der Waals surface area contributed by atoms with Crippen LogP contribution in [0.5, 0.6) is 0 Å². The van der Waals surface area contributed by atoms with Crippen molar-refractivity contribution in [2.45, 2.75) is 32.2 Å². The molecule has 1 atom stereocenters. The summed E-state index contributed by atoms with van der Waals surface area (Å²) in [5, 5.41) is 2.45. The van der Waals surface area contributed by atoms with Crippen LogP contribution in [0.4, 0.5) is 0 Å². The molecular weight excluding hydrogens is 376 g/mol. The SMILES string of the molecule is C=C[C@@H](C/C=C/C(=O)OC)CO[Si](c1ccccc1)(c1ccccc1)C(C)(C)C. The van der Waals surface area contributed by atoms with Crippen LogP contribution in [0.2, 0.25) is 5.04 Å². The number of hydrogen-bond donors (Lipinski definition) is 0. The van der Waals surface area contributed by atoms with E-state index in [9.17, 15) is 4.79 Å². The summed E-state index contributed by atoms with van der Waals surface area (Å²) in [7, 11) is -1.18. The Hall–Kier alpha value is -2.43. The van der Waals surface area contributed by atoms with E-state index in [1.54, 1.807) is 0 Å². The maximum Gasteiger partial charge on any atom is 0.330 e. The Bertz CT molecular complexity index is 767. The van der Waals surface area contributed by atoms with Crippen LogP contribution in [0.25, 0.3) is 0 Å². The molecule has 0 aromatic heterocycles. The molecule has 0 radical (unpaired) electrons. The van der Waals surface area contributed by atoms with Gasteiger partial charge in [0.2, 0.25) is 0 Å². The minimum absolute atomic E-state index is 0.0662. The van der Waals surface area contributed by atoms with E-state index in [0.29, 0.717) is 13.0 Å². The highest BCUT2D eigenvalue weighted by atomic mass is 28.4. The predicted molar refractivity (Wildman–Crippen MR) is 123 cm³/mol. The third-order valence-corrected chi connectivity index (χ3v) is 10.2. The van der Waals surface area contributed by atoms with Crippen molar-refractivity contribution in [2.24, 2.45) is 5.92 Å². The zero-order valence-electron chi connectivity index (χ0n) is 17.9. The van der Waals surface area contributed by atoms with Gasteiger partial charge in [0.15, 0.2) is 0 Å². The number of benzene rings is 2.